The van der Waals surface area contributed by atoms with E-state index in [2.05, 4.69) is 19.2 Å². The number of nitrogens with two attached hydrogens (primary N) is 1. The van der Waals surface area contributed by atoms with E-state index in [-0.39, 0.29) is 5.91 Å². The van der Waals surface area contributed by atoms with Crippen LogP contribution in [-0.2, 0) is 17.6 Å². The molecule has 0 spiro atoms. The van der Waals surface area contributed by atoms with Gasteiger partial charge in [-0.25, -0.2) is 0 Å². The van der Waals surface area contributed by atoms with E-state index in [1.807, 2.05) is 0 Å². The van der Waals surface area contributed by atoms with Crippen molar-refractivity contribution < 1.29 is 9.59 Å². The van der Waals surface area contributed by atoms with E-state index in [1.165, 1.54) is 16.2 Å². The second-order valence-corrected chi connectivity index (χ2v) is 7.03. The van der Waals surface area contributed by atoms with Gasteiger partial charge in [0.15, 0.2) is 0 Å². The molecular formula is C16H24N2O2S. The zero-order chi connectivity index (χ0) is 15.4. The number of primary amides is 1. The van der Waals surface area contributed by atoms with E-state index in [4.69, 9.17) is 5.73 Å². The molecule has 1 aliphatic rings. The quantitative estimate of drug-likeness (QED) is 0.790. The van der Waals surface area contributed by atoms with Crippen LogP contribution in [0.15, 0.2) is 0 Å². The third kappa shape index (κ3) is 3.84. The van der Waals surface area contributed by atoms with Gasteiger partial charge >= 0.3 is 0 Å². The predicted molar refractivity (Wildman–Crippen MR) is 86.8 cm³/mol. The third-order valence-corrected chi connectivity index (χ3v) is 5.19. The second kappa shape index (κ2) is 7.07. The summed E-state index contributed by atoms with van der Waals surface area (Å²) in [6.07, 6.45) is 6.47. The van der Waals surface area contributed by atoms with Crippen molar-refractivity contribution in [3.63, 3.8) is 0 Å². The molecule has 0 bridgehead atoms. The highest BCUT2D eigenvalue weighted by Gasteiger charge is 2.27. The molecule has 0 fully saturated rings. The van der Waals surface area contributed by atoms with E-state index in [0.717, 1.165) is 44.1 Å². The Hall–Kier alpha value is -1.36. The average molecular weight is 308 g/mol. The topological polar surface area (TPSA) is 72.2 Å². The summed E-state index contributed by atoms with van der Waals surface area (Å²) in [7, 11) is 0. The molecule has 1 aromatic heterocycles. The zero-order valence-corrected chi connectivity index (χ0v) is 13.6. The van der Waals surface area contributed by atoms with Gasteiger partial charge in [-0.1, -0.05) is 26.7 Å². The van der Waals surface area contributed by atoms with Crippen LogP contribution < -0.4 is 11.1 Å². The number of unbranched alkanes of at least 4 members (excludes halogenated alkanes) is 2. The third-order valence-electron chi connectivity index (χ3n) is 4.02. The lowest BCUT2D eigenvalue weighted by molar-refractivity contribution is -0.116. The molecule has 3 N–H and O–H groups in total. The molecule has 1 unspecified atom stereocenters. The summed E-state index contributed by atoms with van der Waals surface area (Å²) in [5, 5.41) is 3.56. The maximum atomic E-state index is 12.0. The largest absolute Gasteiger partial charge is 0.365 e. The number of carbonyl (C=O) groups is 2. The van der Waals surface area contributed by atoms with Crippen molar-refractivity contribution in [1.82, 2.24) is 0 Å². The summed E-state index contributed by atoms with van der Waals surface area (Å²) in [5.41, 5.74) is 7.14. The summed E-state index contributed by atoms with van der Waals surface area (Å²) in [6.45, 7) is 4.33. The van der Waals surface area contributed by atoms with Gasteiger partial charge in [0.25, 0.3) is 5.91 Å². The first-order chi connectivity index (χ1) is 10.0. The highest BCUT2D eigenvalue weighted by atomic mass is 32.1. The molecule has 1 heterocycles. The Morgan fingerprint density at radius 1 is 1.38 bits per heavy atom. The van der Waals surface area contributed by atoms with Crippen LogP contribution >= 0.6 is 11.3 Å². The molecule has 1 aliphatic carbocycles. The number of anilines is 1. The summed E-state index contributed by atoms with van der Waals surface area (Å²) < 4.78 is 0. The number of amides is 2. The maximum absolute atomic E-state index is 12.0. The number of hydrogen-bond acceptors (Lipinski definition) is 3. The van der Waals surface area contributed by atoms with Crippen molar-refractivity contribution in [1.29, 1.82) is 0 Å². The van der Waals surface area contributed by atoms with Crippen LogP contribution in [0.2, 0.25) is 0 Å². The van der Waals surface area contributed by atoms with E-state index < -0.39 is 5.91 Å². The van der Waals surface area contributed by atoms with Crippen LogP contribution in [0.3, 0.4) is 0 Å². The molecular weight excluding hydrogens is 284 g/mol. The normalized spacial score (nSPS) is 17.3. The zero-order valence-electron chi connectivity index (χ0n) is 12.8. The maximum Gasteiger partial charge on any atom is 0.251 e. The SMILES string of the molecule is CCCCCC(=O)Nc1sc2c(c1C(N)=O)CCC(C)C2. The number of thiophene rings is 1. The monoisotopic (exact) mass is 308 g/mol. The fourth-order valence-corrected chi connectivity index (χ4v) is 4.26. The van der Waals surface area contributed by atoms with Crippen LogP contribution in [0, 0.1) is 5.92 Å². The molecule has 2 rings (SSSR count). The molecule has 0 saturated heterocycles. The lowest BCUT2D eigenvalue weighted by Crippen LogP contribution is -2.19. The molecule has 1 atom stereocenters. The second-order valence-electron chi connectivity index (χ2n) is 5.93. The van der Waals surface area contributed by atoms with E-state index in [9.17, 15) is 9.59 Å². The van der Waals surface area contributed by atoms with E-state index >= 15 is 0 Å². The average Bonchev–Trinajstić information content (AvgIpc) is 2.75. The Kier molecular flexibility index (Phi) is 5.39. The van der Waals surface area contributed by atoms with Crippen molar-refractivity contribution in [3.8, 4) is 0 Å². The molecule has 1 aromatic rings. The molecule has 5 heteroatoms. The van der Waals surface area contributed by atoms with E-state index in [1.54, 1.807) is 0 Å². The Morgan fingerprint density at radius 3 is 2.81 bits per heavy atom. The lowest BCUT2D eigenvalue weighted by atomic mass is 9.88. The minimum atomic E-state index is -0.425. The first-order valence-corrected chi connectivity index (χ1v) is 8.58. The van der Waals surface area contributed by atoms with Crippen LogP contribution in [0.1, 0.15) is 66.8 Å². The predicted octanol–water partition coefficient (Wildman–Crippen LogP) is 3.49. The van der Waals surface area contributed by atoms with Crippen LogP contribution in [0.4, 0.5) is 5.00 Å². The summed E-state index contributed by atoms with van der Waals surface area (Å²) in [5.74, 6) is 0.188. The fourth-order valence-electron chi connectivity index (χ4n) is 2.82. The number of rotatable bonds is 6. The van der Waals surface area contributed by atoms with Gasteiger partial charge in [-0.15, -0.1) is 11.3 Å². The molecule has 0 aliphatic heterocycles. The van der Waals surface area contributed by atoms with Gasteiger partial charge < -0.3 is 11.1 Å². The van der Waals surface area contributed by atoms with Gasteiger partial charge in [0.2, 0.25) is 5.91 Å². The number of nitrogens with one attached hydrogen (secondary N) is 1. The van der Waals surface area contributed by atoms with E-state index in [0.29, 0.717) is 22.9 Å². The molecule has 116 valence electrons. The Balaban J connectivity index is 2.15. The molecule has 0 radical (unpaired) electrons. The lowest BCUT2D eigenvalue weighted by Gasteiger charge is -2.18. The van der Waals surface area contributed by atoms with Gasteiger partial charge in [-0.3, -0.25) is 9.59 Å². The molecule has 2 amide bonds. The van der Waals surface area contributed by atoms with Crippen LogP contribution in [0.5, 0.6) is 0 Å². The smallest absolute Gasteiger partial charge is 0.251 e. The van der Waals surface area contributed by atoms with Gasteiger partial charge in [0.1, 0.15) is 5.00 Å². The molecule has 0 aromatic carbocycles. The molecule has 4 nitrogen and oxygen atoms in total. The number of carbonyl (C=O) groups excluding carboxylic acids is 2. The van der Waals surface area contributed by atoms with Crippen LogP contribution in [0.25, 0.3) is 0 Å². The molecule has 21 heavy (non-hydrogen) atoms. The highest BCUT2D eigenvalue weighted by molar-refractivity contribution is 7.17. The van der Waals surface area contributed by atoms with Crippen molar-refractivity contribution >= 4 is 28.2 Å². The number of fused-ring (bicyclic) bond motifs is 1. The van der Waals surface area contributed by atoms with Crippen molar-refractivity contribution in [3.05, 3.63) is 16.0 Å². The standard InChI is InChI=1S/C16H24N2O2S/c1-3-4-5-6-13(19)18-16-14(15(17)20)11-8-7-10(2)9-12(11)21-16/h10H,3-9H2,1-2H3,(H2,17,20)(H,18,19). The minimum Gasteiger partial charge on any atom is -0.365 e. The highest BCUT2D eigenvalue weighted by Crippen LogP contribution is 2.39. The summed E-state index contributed by atoms with van der Waals surface area (Å²) >= 11 is 1.53. The Morgan fingerprint density at radius 2 is 2.14 bits per heavy atom. The van der Waals surface area contributed by atoms with Crippen molar-refractivity contribution in [2.75, 3.05) is 5.32 Å². The minimum absolute atomic E-state index is 0.0161. The fraction of sp³-hybridized carbons (Fsp3) is 0.625. The van der Waals surface area contributed by atoms with Crippen molar-refractivity contribution in [2.24, 2.45) is 11.7 Å². The summed E-state index contributed by atoms with van der Waals surface area (Å²) in [6, 6.07) is 0. The summed E-state index contributed by atoms with van der Waals surface area (Å²) in [4.78, 5) is 25.0. The number of hydrogen-bond donors (Lipinski definition) is 2. The molecule has 0 saturated carbocycles. The first-order valence-electron chi connectivity index (χ1n) is 7.77. The Bertz CT molecular complexity index is 537. The Labute approximate surface area is 130 Å². The van der Waals surface area contributed by atoms with Crippen LogP contribution in [-0.4, -0.2) is 11.8 Å². The first kappa shape index (κ1) is 16.0. The van der Waals surface area contributed by atoms with Gasteiger partial charge in [-0.2, -0.15) is 0 Å². The van der Waals surface area contributed by atoms with Gasteiger partial charge in [0, 0.05) is 11.3 Å². The van der Waals surface area contributed by atoms with Gasteiger partial charge in [-0.05, 0) is 37.2 Å². The van der Waals surface area contributed by atoms with Gasteiger partial charge in [0.05, 0.1) is 5.56 Å². The van der Waals surface area contributed by atoms with Crippen molar-refractivity contribution in [2.45, 2.75) is 58.8 Å².